The topological polar surface area (TPSA) is 85.1 Å². The van der Waals surface area contributed by atoms with Gasteiger partial charge < -0.3 is 5.73 Å². The molecule has 0 spiro atoms. The zero-order valence-corrected chi connectivity index (χ0v) is 13.4. The van der Waals surface area contributed by atoms with Gasteiger partial charge in [0, 0.05) is 4.88 Å². The minimum absolute atomic E-state index is 0.164. The van der Waals surface area contributed by atoms with Crippen molar-refractivity contribution in [2.75, 3.05) is 11.1 Å². The molecular weight excluding hydrogens is 314 g/mol. The lowest BCUT2D eigenvalue weighted by Gasteiger charge is -1.97. The van der Waals surface area contributed by atoms with Crippen molar-refractivity contribution in [1.82, 2.24) is 4.98 Å². The molecule has 0 aliphatic carbocycles. The van der Waals surface area contributed by atoms with Crippen LogP contribution in [0.15, 0.2) is 16.3 Å². The fourth-order valence-electron chi connectivity index (χ4n) is 1.42. The molecule has 0 bridgehead atoms. The molecule has 2 aromatic heterocycles. The zero-order valence-electron chi connectivity index (χ0n) is 10.9. The van der Waals surface area contributed by atoms with E-state index in [1.807, 2.05) is 19.9 Å². The number of nitrogens with one attached hydrogen (secondary N) is 1. The Morgan fingerprint density at radius 2 is 2.10 bits per heavy atom. The van der Waals surface area contributed by atoms with Gasteiger partial charge in [-0.1, -0.05) is 11.3 Å². The number of carbonyl (C=O) groups excluding carboxylic acids is 2. The number of anilines is 1. The van der Waals surface area contributed by atoms with Crippen LogP contribution in [0.5, 0.6) is 0 Å². The Morgan fingerprint density at radius 3 is 2.70 bits per heavy atom. The van der Waals surface area contributed by atoms with E-state index in [-0.39, 0.29) is 17.6 Å². The van der Waals surface area contributed by atoms with Gasteiger partial charge in [-0.25, -0.2) is 4.98 Å². The molecule has 0 aliphatic heterocycles. The van der Waals surface area contributed by atoms with Crippen molar-refractivity contribution in [1.29, 1.82) is 0 Å². The van der Waals surface area contributed by atoms with Crippen LogP contribution in [0.2, 0.25) is 0 Å². The number of hydrogen-bond donors (Lipinski definition) is 2. The fourth-order valence-corrected chi connectivity index (χ4v) is 4.06. The van der Waals surface area contributed by atoms with E-state index >= 15 is 0 Å². The third kappa shape index (κ3) is 3.81. The van der Waals surface area contributed by atoms with Crippen molar-refractivity contribution in [2.24, 2.45) is 5.73 Å². The summed E-state index contributed by atoms with van der Waals surface area (Å²) in [5.41, 5.74) is 5.90. The highest BCUT2D eigenvalue weighted by atomic mass is 32.2. The molecule has 0 saturated heterocycles. The number of thiophene rings is 1. The van der Waals surface area contributed by atoms with E-state index in [0.717, 1.165) is 14.8 Å². The highest BCUT2D eigenvalue weighted by molar-refractivity contribution is 8.01. The molecule has 2 amide bonds. The van der Waals surface area contributed by atoms with Crippen LogP contribution in [0, 0.1) is 13.8 Å². The molecule has 0 radical (unpaired) electrons. The van der Waals surface area contributed by atoms with Gasteiger partial charge in [-0.15, -0.1) is 23.1 Å². The van der Waals surface area contributed by atoms with Crippen molar-refractivity contribution >= 4 is 51.4 Å². The summed E-state index contributed by atoms with van der Waals surface area (Å²) in [5, 5.41) is 3.30. The van der Waals surface area contributed by atoms with E-state index in [4.69, 9.17) is 5.73 Å². The van der Waals surface area contributed by atoms with Gasteiger partial charge in [0.2, 0.25) is 5.91 Å². The molecule has 0 unspecified atom stereocenters. The number of rotatable bonds is 5. The first-order valence-electron chi connectivity index (χ1n) is 5.72. The van der Waals surface area contributed by atoms with Gasteiger partial charge in [0.25, 0.3) is 5.91 Å². The first-order chi connectivity index (χ1) is 9.45. The van der Waals surface area contributed by atoms with Crippen molar-refractivity contribution in [3.63, 3.8) is 0 Å². The summed E-state index contributed by atoms with van der Waals surface area (Å²) in [7, 11) is 0. The maximum atomic E-state index is 12.0. The number of nitrogens with zero attached hydrogens (tertiary/aromatic N) is 1. The Hall–Kier alpha value is -1.38. The summed E-state index contributed by atoms with van der Waals surface area (Å²) < 4.78 is 0.890. The smallest absolute Gasteiger partial charge is 0.267 e. The minimum atomic E-state index is -0.373. The molecule has 2 heterocycles. The molecule has 0 aliphatic rings. The number of thiazole rings is 1. The van der Waals surface area contributed by atoms with Crippen LogP contribution in [0.4, 0.5) is 5.13 Å². The highest BCUT2D eigenvalue weighted by Crippen LogP contribution is 2.32. The number of hydrogen-bond acceptors (Lipinski definition) is 6. The van der Waals surface area contributed by atoms with Gasteiger partial charge in [-0.2, -0.15) is 0 Å². The van der Waals surface area contributed by atoms with Gasteiger partial charge in [-0.3, -0.25) is 14.9 Å². The number of primary amides is 1. The first kappa shape index (κ1) is 15.0. The van der Waals surface area contributed by atoms with Gasteiger partial charge in [0.1, 0.15) is 0 Å². The van der Waals surface area contributed by atoms with Crippen LogP contribution in [0.25, 0.3) is 0 Å². The standard InChI is InChI=1S/C12H13N3O2S3/c1-6-3-4-8(19-6)10(17)15-12-14-7(2)11(20-12)18-5-9(13)16/h3-4H,5H2,1-2H3,(H2,13,16)(H,14,15,17). The van der Waals surface area contributed by atoms with Gasteiger partial charge in [0.15, 0.2) is 5.13 Å². The Balaban J connectivity index is 2.05. The Bertz CT molecular complexity index is 648. The second-order valence-corrected chi connectivity index (χ2v) is 7.54. The Morgan fingerprint density at radius 1 is 1.35 bits per heavy atom. The summed E-state index contributed by atoms with van der Waals surface area (Å²) in [6.07, 6.45) is 0. The van der Waals surface area contributed by atoms with Crippen LogP contribution in [-0.4, -0.2) is 22.6 Å². The summed E-state index contributed by atoms with van der Waals surface area (Å²) >= 11 is 4.12. The van der Waals surface area contributed by atoms with Crippen LogP contribution in [0.1, 0.15) is 20.2 Å². The van der Waals surface area contributed by atoms with Crippen molar-refractivity contribution in [3.05, 3.63) is 27.6 Å². The lowest BCUT2D eigenvalue weighted by atomic mass is 10.4. The van der Waals surface area contributed by atoms with Gasteiger partial charge in [0.05, 0.1) is 20.5 Å². The van der Waals surface area contributed by atoms with E-state index < -0.39 is 0 Å². The SMILES string of the molecule is Cc1ccc(C(=O)Nc2nc(C)c(SCC(N)=O)s2)s1. The lowest BCUT2D eigenvalue weighted by Crippen LogP contribution is -2.12. The third-order valence-corrected chi connectivity index (χ3v) is 5.74. The van der Waals surface area contributed by atoms with Gasteiger partial charge in [-0.05, 0) is 26.0 Å². The third-order valence-electron chi connectivity index (χ3n) is 2.28. The maximum Gasteiger partial charge on any atom is 0.267 e. The summed E-state index contributed by atoms with van der Waals surface area (Å²) in [6.45, 7) is 3.79. The zero-order chi connectivity index (χ0) is 14.7. The Labute approximate surface area is 128 Å². The molecule has 106 valence electrons. The summed E-state index contributed by atoms with van der Waals surface area (Å²) in [5.74, 6) is -0.327. The largest absolute Gasteiger partial charge is 0.369 e. The Kier molecular flexibility index (Phi) is 4.79. The van der Waals surface area contributed by atoms with Crippen molar-refractivity contribution in [2.45, 2.75) is 18.1 Å². The molecule has 0 atom stereocenters. The molecule has 0 aromatic carbocycles. The number of thioether (sulfide) groups is 1. The molecule has 0 saturated carbocycles. The summed E-state index contributed by atoms with van der Waals surface area (Å²) in [6, 6.07) is 3.69. The maximum absolute atomic E-state index is 12.0. The molecule has 8 heteroatoms. The van der Waals surface area contributed by atoms with E-state index in [0.29, 0.717) is 10.0 Å². The predicted molar refractivity (Wildman–Crippen MR) is 83.8 cm³/mol. The van der Waals surface area contributed by atoms with Crippen LogP contribution in [-0.2, 0) is 4.79 Å². The van der Waals surface area contributed by atoms with Crippen LogP contribution in [0.3, 0.4) is 0 Å². The lowest BCUT2D eigenvalue weighted by molar-refractivity contribution is -0.115. The highest BCUT2D eigenvalue weighted by Gasteiger charge is 2.13. The van der Waals surface area contributed by atoms with E-state index in [1.54, 1.807) is 6.07 Å². The molecule has 2 aromatic rings. The predicted octanol–water partition coefficient (Wildman–Crippen LogP) is 2.65. The number of amides is 2. The monoisotopic (exact) mass is 327 g/mol. The number of carbonyl (C=O) groups is 2. The average molecular weight is 327 g/mol. The van der Waals surface area contributed by atoms with E-state index in [1.165, 1.54) is 34.4 Å². The number of aromatic nitrogens is 1. The normalized spacial score (nSPS) is 10.5. The number of nitrogens with two attached hydrogens (primary N) is 1. The molecule has 5 nitrogen and oxygen atoms in total. The van der Waals surface area contributed by atoms with E-state index in [2.05, 4.69) is 10.3 Å². The van der Waals surface area contributed by atoms with Crippen LogP contribution >= 0.6 is 34.4 Å². The first-order valence-corrected chi connectivity index (χ1v) is 8.34. The number of aryl methyl sites for hydroxylation is 2. The van der Waals surface area contributed by atoms with Crippen LogP contribution < -0.4 is 11.1 Å². The van der Waals surface area contributed by atoms with E-state index in [9.17, 15) is 9.59 Å². The second-order valence-electron chi connectivity index (χ2n) is 4.01. The quantitative estimate of drug-likeness (QED) is 0.827. The van der Waals surface area contributed by atoms with Crippen molar-refractivity contribution < 1.29 is 9.59 Å². The molecular formula is C12H13N3O2S3. The van der Waals surface area contributed by atoms with Crippen molar-refractivity contribution in [3.8, 4) is 0 Å². The van der Waals surface area contributed by atoms with Gasteiger partial charge >= 0.3 is 0 Å². The second kappa shape index (κ2) is 6.38. The average Bonchev–Trinajstić information content (AvgIpc) is 2.93. The fraction of sp³-hybridized carbons (Fsp3) is 0.250. The molecule has 0 fully saturated rings. The minimum Gasteiger partial charge on any atom is -0.369 e. The summed E-state index contributed by atoms with van der Waals surface area (Å²) in [4.78, 5) is 28.8. The molecule has 20 heavy (non-hydrogen) atoms. The molecule has 3 N–H and O–H groups in total. The molecule has 2 rings (SSSR count).